The van der Waals surface area contributed by atoms with Gasteiger partial charge in [-0.25, -0.2) is 4.39 Å². The van der Waals surface area contributed by atoms with Crippen LogP contribution in [0.2, 0.25) is 0 Å². The van der Waals surface area contributed by atoms with Crippen LogP contribution in [-0.4, -0.2) is 12.2 Å². The van der Waals surface area contributed by atoms with Gasteiger partial charge in [0.15, 0.2) is 11.5 Å². The van der Waals surface area contributed by atoms with Gasteiger partial charge in [0, 0.05) is 0 Å². The molecule has 0 atom stereocenters. The zero-order valence-electron chi connectivity index (χ0n) is 9.70. The van der Waals surface area contributed by atoms with Crippen LogP contribution in [-0.2, 0) is 0 Å². The third-order valence-electron chi connectivity index (χ3n) is 2.67. The van der Waals surface area contributed by atoms with Crippen molar-refractivity contribution >= 4 is 0 Å². The molecule has 0 unspecified atom stereocenters. The highest BCUT2D eigenvalue weighted by Crippen LogP contribution is 2.31. The number of hydrogen-bond acceptors (Lipinski definition) is 2. The molecule has 0 saturated heterocycles. The van der Waals surface area contributed by atoms with E-state index in [1.54, 1.807) is 37.3 Å². The van der Waals surface area contributed by atoms with Crippen LogP contribution in [0.4, 0.5) is 4.39 Å². The fraction of sp³-hybridized carbons (Fsp3) is 0.143. The lowest BCUT2D eigenvalue weighted by Crippen LogP contribution is -1.87. The minimum absolute atomic E-state index is 0.0927. The maximum Gasteiger partial charge on any atom is 0.161 e. The molecule has 0 aliphatic heterocycles. The Kier molecular flexibility index (Phi) is 3.00. The highest BCUT2D eigenvalue weighted by molar-refractivity contribution is 5.67. The molecule has 2 nitrogen and oxygen atoms in total. The van der Waals surface area contributed by atoms with Crippen molar-refractivity contribution in [2.45, 2.75) is 6.92 Å². The number of phenols is 1. The van der Waals surface area contributed by atoms with E-state index in [0.717, 1.165) is 11.1 Å². The Morgan fingerprint density at radius 2 is 1.71 bits per heavy atom. The number of halogens is 1. The summed E-state index contributed by atoms with van der Waals surface area (Å²) in [5, 5.41) is 9.50. The molecule has 0 spiro atoms. The number of hydrogen-bond donors (Lipinski definition) is 1. The number of ether oxygens (including phenoxy) is 1. The van der Waals surface area contributed by atoms with E-state index in [-0.39, 0.29) is 11.6 Å². The topological polar surface area (TPSA) is 29.5 Å². The standard InChI is InChI=1S/C14H13FO2/c1-9-7-10(3-5-12(9)15)11-4-6-13(16)14(8-11)17-2/h3-8,16H,1-2H3. The van der Waals surface area contributed by atoms with Crippen LogP contribution >= 0.6 is 0 Å². The van der Waals surface area contributed by atoms with Crippen LogP contribution in [0, 0.1) is 12.7 Å². The first-order valence-electron chi connectivity index (χ1n) is 5.25. The predicted octanol–water partition coefficient (Wildman–Crippen LogP) is 3.52. The lowest BCUT2D eigenvalue weighted by atomic mass is 10.0. The molecule has 2 aromatic carbocycles. The Hall–Kier alpha value is -2.03. The largest absolute Gasteiger partial charge is 0.504 e. The van der Waals surface area contributed by atoms with Crippen molar-refractivity contribution in [1.29, 1.82) is 0 Å². The van der Waals surface area contributed by atoms with Crippen LogP contribution in [0.25, 0.3) is 11.1 Å². The van der Waals surface area contributed by atoms with Crippen molar-refractivity contribution in [3.63, 3.8) is 0 Å². The average Bonchev–Trinajstić information content (AvgIpc) is 2.33. The molecule has 0 heterocycles. The lowest BCUT2D eigenvalue weighted by Gasteiger charge is -2.07. The van der Waals surface area contributed by atoms with Crippen LogP contribution < -0.4 is 4.74 Å². The average molecular weight is 232 g/mol. The van der Waals surface area contributed by atoms with Crippen LogP contribution in [0.3, 0.4) is 0 Å². The first kappa shape index (κ1) is 11.5. The summed E-state index contributed by atoms with van der Waals surface area (Å²) in [5.41, 5.74) is 2.36. The van der Waals surface area contributed by atoms with Crippen molar-refractivity contribution in [3.8, 4) is 22.6 Å². The predicted molar refractivity (Wildman–Crippen MR) is 64.8 cm³/mol. The molecular formula is C14H13FO2. The van der Waals surface area contributed by atoms with Crippen molar-refractivity contribution < 1.29 is 14.2 Å². The fourth-order valence-corrected chi connectivity index (χ4v) is 1.68. The summed E-state index contributed by atoms with van der Waals surface area (Å²) < 4.78 is 18.2. The molecule has 0 amide bonds. The number of benzene rings is 2. The molecule has 0 radical (unpaired) electrons. The van der Waals surface area contributed by atoms with Gasteiger partial charge in [-0.2, -0.15) is 0 Å². The maximum absolute atomic E-state index is 13.2. The zero-order valence-corrected chi connectivity index (χ0v) is 9.70. The SMILES string of the molecule is COc1cc(-c2ccc(F)c(C)c2)ccc1O. The van der Waals surface area contributed by atoms with Gasteiger partial charge in [-0.3, -0.25) is 0 Å². The van der Waals surface area contributed by atoms with E-state index in [4.69, 9.17) is 4.74 Å². The number of phenolic OH excluding ortho intramolecular Hbond substituents is 1. The second-order valence-electron chi connectivity index (χ2n) is 3.85. The molecule has 0 saturated carbocycles. The molecule has 0 aromatic heterocycles. The highest BCUT2D eigenvalue weighted by atomic mass is 19.1. The van der Waals surface area contributed by atoms with Gasteiger partial charge in [-0.15, -0.1) is 0 Å². The van der Waals surface area contributed by atoms with E-state index in [9.17, 15) is 9.50 Å². The normalized spacial score (nSPS) is 10.3. The van der Waals surface area contributed by atoms with Crippen molar-refractivity contribution in [2.75, 3.05) is 7.11 Å². The van der Waals surface area contributed by atoms with Crippen molar-refractivity contribution in [2.24, 2.45) is 0 Å². The Balaban J connectivity index is 2.49. The van der Waals surface area contributed by atoms with Crippen LogP contribution in [0.5, 0.6) is 11.5 Å². The van der Waals surface area contributed by atoms with Crippen LogP contribution in [0.1, 0.15) is 5.56 Å². The lowest BCUT2D eigenvalue weighted by molar-refractivity contribution is 0.373. The smallest absolute Gasteiger partial charge is 0.161 e. The Labute approximate surface area is 99.3 Å². The molecule has 17 heavy (non-hydrogen) atoms. The number of aryl methyl sites for hydroxylation is 1. The zero-order chi connectivity index (χ0) is 12.4. The number of rotatable bonds is 2. The molecule has 0 aliphatic carbocycles. The van der Waals surface area contributed by atoms with Crippen LogP contribution in [0.15, 0.2) is 36.4 Å². The van der Waals surface area contributed by atoms with E-state index >= 15 is 0 Å². The Morgan fingerprint density at radius 3 is 2.35 bits per heavy atom. The van der Waals surface area contributed by atoms with Crippen molar-refractivity contribution in [1.82, 2.24) is 0 Å². The van der Waals surface area contributed by atoms with Gasteiger partial charge in [0.05, 0.1) is 7.11 Å². The summed E-state index contributed by atoms with van der Waals surface area (Å²) >= 11 is 0. The molecule has 0 fully saturated rings. The number of methoxy groups -OCH3 is 1. The first-order valence-corrected chi connectivity index (χ1v) is 5.25. The van der Waals surface area contributed by atoms with Gasteiger partial charge in [0.1, 0.15) is 5.82 Å². The second-order valence-corrected chi connectivity index (χ2v) is 3.85. The van der Waals surface area contributed by atoms with Gasteiger partial charge in [0.25, 0.3) is 0 Å². The van der Waals surface area contributed by atoms with E-state index in [2.05, 4.69) is 0 Å². The molecule has 0 bridgehead atoms. The Morgan fingerprint density at radius 1 is 1.06 bits per heavy atom. The minimum atomic E-state index is -0.223. The van der Waals surface area contributed by atoms with Gasteiger partial charge in [-0.1, -0.05) is 12.1 Å². The number of aromatic hydroxyl groups is 1. The fourth-order valence-electron chi connectivity index (χ4n) is 1.68. The summed E-state index contributed by atoms with van der Waals surface area (Å²) in [6, 6.07) is 9.96. The third-order valence-corrected chi connectivity index (χ3v) is 2.67. The first-order chi connectivity index (χ1) is 8.11. The maximum atomic E-state index is 13.2. The molecule has 0 aliphatic rings. The molecule has 2 rings (SSSR count). The summed E-state index contributed by atoms with van der Waals surface area (Å²) in [6.45, 7) is 1.72. The van der Waals surface area contributed by atoms with Gasteiger partial charge < -0.3 is 9.84 Å². The van der Waals surface area contributed by atoms with E-state index in [1.807, 2.05) is 0 Å². The van der Waals surface area contributed by atoms with Crippen molar-refractivity contribution in [3.05, 3.63) is 47.8 Å². The van der Waals surface area contributed by atoms with E-state index in [1.165, 1.54) is 13.2 Å². The van der Waals surface area contributed by atoms with Gasteiger partial charge >= 0.3 is 0 Å². The van der Waals surface area contributed by atoms with E-state index in [0.29, 0.717) is 11.3 Å². The highest BCUT2D eigenvalue weighted by Gasteiger charge is 2.06. The third kappa shape index (κ3) is 2.23. The van der Waals surface area contributed by atoms with Gasteiger partial charge in [0.2, 0.25) is 0 Å². The quantitative estimate of drug-likeness (QED) is 0.858. The molecule has 2 aromatic rings. The second kappa shape index (κ2) is 4.45. The molecular weight excluding hydrogens is 219 g/mol. The summed E-state index contributed by atoms with van der Waals surface area (Å²) in [4.78, 5) is 0. The monoisotopic (exact) mass is 232 g/mol. The Bertz CT molecular complexity index is 550. The summed E-state index contributed by atoms with van der Waals surface area (Å²) in [5.74, 6) is 0.277. The molecule has 3 heteroatoms. The van der Waals surface area contributed by atoms with E-state index < -0.39 is 0 Å². The van der Waals surface area contributed by atoms with Gasteiger partial charge in [-0.05, 0) is 47.9 Å². The molecule has 88 valence electrons. The minimum Gasteiger partial charge on any atom is -0.504 e. The summed E-state index contributed by atoms with van der Waals surface area (Å²) in [6.07, 6.45) is 0. The summed E-state index contributed by atoms with van der Waals surface area (Å²) in [7, 11) is 1.49. The molecule has 1 N–H and O–H groups in total.